The molecule has 1 aromatic rings. The summed E-state index contributed by atoms with van der Waals surface area (Å²) in [7, 11) is 0. The van der Waals surface area contributed by atoms with Crippen molar-refractivity contribution in [2.45, 2.75) is 34.6 Å². The van der Waals surface area contributed by atoms with E-state index in [1.807, 2.05) is 0 Å². The molecule has 1 rings (SSSR count). The van der Waals surface area contributed by atoms with E-state index in [1.54, 1.807) is 0 Å². The molecule has 0 aromatic heterocycles. The van der Waals surface area contributed by atoms with Gasteiger partial charge in [-0.2, -0.15) is 0 Å². The SMILES string of the molecule is Cc1cccc(C)c1N(I)/C(=N\I)C(C)(C)C. The van der Waals surface area contributed by atoms with Crippen LogP contribution in [0.1, 0.15) is 31.9 Å². The second-order valence-electron chi connectivity index (χ2n) is 5.18. The number of para-hydroxylation sites is 1. The van der Waals surface area contributed by atoms with Crippen LogP contribution >= 0.6 is 45.7 Å². The molecule has 0 spiro atoms. The molecular weight excluding hydrogens is 438 g/mol. The molecular formula is C13H18I2N2. The molecule has 0 fully saturated rings. The lowest BCUT2D eigenvalue weighted by Gasteiger charge is -2.30. The first kappa shape index (κ1) is 15.2. The maximum absolute atomic E-state index is 4.42. The van der Waals surface area contributed by atoms with Crippen molar-refractivity contribution in [1.82, 2.24) is 0 Å². The Hall–Kier alpha value is 0.150. The highest BCUT2D eigenvalue weighted by Gasteiger charge is 2.26. The second kappa shape index (κ2) is 5.86. The van der Waals surface area contributed by atoms with Gasteiger partial charge in [0.25, 0.3) is 0 Å². The molecule has 17 heavy (non-hydrogen) atoms. The molecule has 0 saturated heterocycles. The number of nitrogens with zero attached hydrogens (tertiary/aromatic N) is 2. The number of hydrogen-bond acceptors (Lipinski definition) is 1. The number of hydrogen-bond donors (Lipinski definition) is 0. The number of benzene rings is 1. The summed E-state index contributed by atoms with van der Waals surface area (Å²) in [5.74, 6) is 1.08. The average molecular weight is 456 g/mol. The first-order valence-corrected chi connectivity index (χ1v) is 7.43. The molecule has 0 saturated carbocycles. The van der Waals surface area contributed by atoms with E-state index in [-0.39, 0.29) is 5.41 Å². The van der Waals surface area contributed by atoms with Gasteiger partial charge < -0.3 is 0 Å². The fourth-order valence-corrected chi connectivity index (χ4v) is 4.62. The van der Waals surface area contributed by atoms with Crippen molar-refractivity contribution in [1.29, 1.82) is 0 Å². The standard InChI is InChI=1S/C13H18I2N2/c1-9-7-6-8-10(2)11(9)17(15)12(16-14)13(3,4)5/h6-8H,1-5H3/b16-12-. The number of amidine groups is 1. The lowest BCUT2D eigenvalue weighted by molar-refractivity contribution is 0.589. The van der Waals surface area contributed by atoms with Crippen LogP contribution in [0.5, 0.6) is 0 Å². The molecule has 0 radical (unpaired) electrons. The highest BCUT2D eigenvalue weighted by Crippen LogP contribution is 2.33. The monoisotopic (exact) mass is 456 g/mol. The summed E-state index contributed by atoms with van der Waals surface area (Å²) in [6, 6.07) is 6.37. The maximum Gasteiger partial charge on any atom is 0.130 e. The van der Waals surface area contributed by atoms with E-state index in [0.717, 1.165) is 5.84 Å². The van der Waals surface area contributed by atoms with Crippen molar-refractivity contribution in [3.63, 3.8) is 0 Å². The molecule has 0 atom stereocenters. The van der Waals surface area contributed by atoms with E-state index < -0.39 is 0 Å². The predicted molar refractivity (Wildman–Crippen MR) is 93.3 cm³/mol. The smallest absolute Gasteiger partial charge is 0.130 e. The fraction of sp³-hybridized carbons (Fsp3) is 0.462. The summed E-state index contributed by atoms with van der Waals surface area (Å²) >= 11 is 4.43. The van der Waals surface area contributed by atoms with Crippen molar-refractivity contribution in [2.24, 2.45) is 8.62 Å². The van der Waals surface area contributed by atoms with Crippen molar-refractivity contribution >= 4 is 57.3 Å². The fourth-order valence-electron chi connectivity index (χ4n) is 1.68. The minimum Gasteiger partial charge on any atom is -0.269 e. The van der Waals surface area contributed by atoms with Gasteiger partial charge in [-0.25, -0.2) is 3.21 Å². The first-order chi connectivity index (χ1) is 7.79. The van der Waals surface area contributed by atoms with Gasteiger partial charge in [-0.15, -0.1) is 0 Å². The van der Waals surface area contributed by atoms with Gasteiger partial charge in [-0.3, -0.25) is 3.11 Å². The Morgan fingerprint density at radius 2 is 1.65 bits per heavy atom. The van der Waals surface area contributed by atoms with Gasteiger partial charge in [0.1, 0.15) is 5.84 Å². The first-order valence-electron chi connectivity index (χ1n) is 5.50. The minimum absolute atomic E-state index is 0.0388. The zero-order valence-corrected chi connectivity index (χ0v) is 15.2. The van der Waals surface area contributed by atoms with Crippen molar-refractivity contribution < 1.29 is 0 Å². The largest absolute Gasteiger partial charge is 0.269 e. The van der Waals surface area contributed by atoms with Crippen LogP contribution in [0.4, 0.5) is 5.69 Å². The van der Waals surface area contributed by atoms with Gasteiger partial charge in [-0.1, -0.05) is 39.0 Å². The highest BCUT2D eigenvalue weighted by molar-refractivity contribution is 14.1. The van der Waals surface area contributed by atoms with Crippen LogP contribution in [-0.2, 0) is 0 Å². The highest BCUT2D eigenvalue weighted by atomic mass is 127. The zero-order valence-electron chi connectivity index (χ0n) is 10.9. The van der Waals surface area contributed by atoms with Crippen LogP contribution in [0.25, 0.3) is 0 Å². The molecule has 0 heterocycles. The molecule has 0 N–H and O–H groups in total. The lowest BCUT2D eigenvalue weighted by atomic mass is 9.94. The Bertz CT molecular complexity index is 413. The third-order valence-corrected chi connectivity index (χ3v) is 3.97. The Balaban J connectivity index is 3.25. The van der Waals surface area contributed by atoms with E-state index in [2.05, 4.69) is 105 Å². The molecule has 94 valence electrons. The Morgan fingerprint density at radius 3 is 2.00 bits per heavy atom. The third-order valence-electron chi connectivity index (χ3n) is 2.57. The van der Waals surface area contributed by atoms with Gasteiger partial charge in [0.05, 0.1) is 51.4 Å². The molecule has 4 heteroatoms. The number of anilines is 1. The molecule has 0 aliphatic heterocycles. The summed E-state index contributed by atoms with van der Waals surface area (Å²) in [5, 5.41) is 0. The van der Waals surface area contributed by atoms with Gasteiger partial charge >= 0.3 is 0 Å². The van der Waals surface area contributed by atoms with E-state index >= 15 is 0 Å². The van der Waals surface area contributed by atoms with Crippen LogP contribution < -0.4 is 3.11 Å². The Morgan fingerprint density at radius 1 is 1.18 bits per heavy atom. The average Bonchev–Trinajstić information content (AvgIpc) is 2.15. The molecule has 0 amide bonds. The Kier molecular flexibility index (Phi) is 5.24. The van der Waals surface area contributed by atoms with Crippen LogP contribution in [0, 0.1) is 19.3 Å². The Labute approximate surface area is 132 Å². The second-order valence-corrected chi connectivity index (χ2v) is 6.63. The molecule has 0 aliphatic carbocycles. The van der Waals surface area contributed by atoms with Crippen LogP contribution in [0.3, 0.4) is 0 Å². The topological polar surface area (TPSA) is 15.6 Å². The predicted octanol–water partition coefficient (Wildman–Crippen LogP) is 5.25. The third kappa shape index (κ3) is 3.56. The van der Waals surface area contributed by atoms with Crippen molar-refractivity contribution in [2.75, 3.05) is 3.11 Å². The zero-order chi connectivity index (χ0) is 13.2. The number of aryl methyl sites for hydroxylation is 2. The molecule has 0 unspecified atom stereocenters. The molecule has 0 bridgehead atoms. The van der Waals surface area contributed by atoms with Crippen LogP contribution in [-0.4, -0.2) is 5.84 Å². The normalized spacial score (nSPS) is 12.8. The van der Waals surface area contributed by atoms with Crippen molar-refractivity contribution in [3.8, 4) is 0 Å². The number of rotatable bonds is 1. The summed E-state index contributed by atoms with van der Waals surface area (Å²) < 4.78 is 6.60. The van der Waals surface area contributed by atoms with Gasteiger partial charge in [-0.05, 0) is 25.0 Å². The molecule has 1 aromatic carbocycles. The summed E-state index contributed by atoms with van der Waals surface area (Å²) in [5.41, 5.74) is 3.85. The summed E-state index contributed by atoms with van der Waals surface area (Å²) in [6.07, 6.45) is 0. The molecule has 0 aliphatic rings. The van der Waals surface area contributed by atoms with Crippen LogP contribution in [0.2, 0.25) is 0 Å². The number of halogens is 2. The van der Waals surface area contributed by atoms with Crippen molar-refractivity contribution in [3.05, 3.63) is 29.3 Å². The summed E-state index contributed by atoms with van der Waals surface area (Å²) in [6.45, 7) is 10.8. The van der Waals surface area contributed by atoms with Gasteiger partial charge in [0.15, 0.2) is 0 Å². The molecule has 2 nitrogen and oxygen atoms in total. The minimum atomic E-state index is 0.0388. The van der Waals surface area contributed by atoms with Crippen LogP contribution in [0.15, 0.2) is 21.4 Å². The maximum atomic E-state index is 4.42. The van der Waals surface area contributed by atoms with Gasteiger partial charge in [0.2, 0.25) is 0 Å². The van der Waals surface area contributed by atoms with E-state index in [9.17, 15) is 0 Å². The van der Waals surface area contributed by atoms with E-state index in [1.165, 1.54) is 16.8 Å². The lowest BCUT2D eigenvalue weighted by Crippen LogP contribution is -2.33. The quantitative estimate of drug-likeness (QED) is 0.244. The summed E-state index contributed by atoms with van der Waals surface area (Å²) in [4.78, 5) is 0. The van der Waals surface area contributed by atoms with Gasteiger partial charge in [0, 0.05) is 5.41 Å². The van der Waals surface area contributed by atoms with E-state index in [4.69, 9.17) is 0 Å². The van der Waals surface area contributed by atoms with E-state index in [0.29, 0.717) is 0 Å².